The molecule has 1 atom stereocenters. The van der Waals surface area contributed by atoms with Crippen LogP contribution in [0.3, 0.4) is 0 Å². The van der Waals surface area contributed by atoms with Gasteiger partial charge < -0.3 is 15.0 Å². The molecular formula is C10H22N2O2. The highest BCUT2D eigenvalue weighted by molar-refractivity contribution is 5.67. The molecule has 0 aliphatic rings. The molecule has 0 heterocycles. The van der Waals surface area contributed by atoms with Gasteiger partial charge in [-0.25, -0.2) is 4.79 Å². The van der Waals surface area contributed by atoms with E-state index in [2.05, 4.69) is 19.2 Å². The molecule has 0 bridgehead atoms. The lowest BCUT2D eigenvalue weighted by atomic mass is 10.1. The maximum absolute atomic E-state index is 11.1. The van der Waals surface area contributed by atoms with Gasteiger partial charge in [-0.3, -0.25) is 0 Å². The molecule has 0 rings (SSSR count). The highest BCUT2D eigenvalue weighted by atomic mass is 16.5. The number of amides is 1. The van der Waals surface area contributed by atoms with Gasteiger partial charge in [0.15, 0.2) is 0 Å². The van der Waals surface area contributed by atoms with Gasteiger partial charge in [0, 0.05) is 13.1 Å². The average Bonchev–Trinajstić information content (AvgIpc) is 2.13. The Kier molecular flexibility index (Phi) is 7.20. The van der Waals surface area contributed by atoms with Crippen molar-refractivity contribution >= 4 is 6.09 Å². The highest BCUT2D eigenvalue weighted by Gasteiger charge is 2.04. The van der Waals surface area contributed by atoms with E-state index in [1.54, 1.807) is 0 Å². The number of carbonyl (C=O) groups excluding carboxylic acids is 1. The molecule has 1 unspecified atom stereocenters. The van der Waals surface area contributed by atoms with Crippen molar-refractivity contribution < 1.29 is 9.53 Å². The van der Waals surface area contributed by atoms with Gasteiger partial charge in [0.25, 0.3) is 0 Å². The smallest absolute Gasteiger partial charge is 0.407 e. The molecule has 4 nitrogen and oxygen atoms in total. The summed E-state index contributed by atoms with van der Waals surface area (Å²) in [5.74, 6) is 0.511. The summed E-state index contributed by atoms with van der Waals surface area (Å²) in [5.41, 5.74) is 0. The Labute approximate surface area is 86.6 Å². The largest absolute Gasteiger partial charge is 0.448 e. The Bertz CT molecular complexity index is 160. The summed E-state index contributed by atoms with van der Waals surface area (Å²) in [6.07, 6.45) is 0.755. The molecule has 0 aliphatic carbocycles. The van der Waals surface area contributed by atoms with Gasteiger partial charge >= 0.3 is 6.09 Å². The molecule has 1 N–H and O–H groups in total. The molecule has 0 aromatic carbocycles. The van der Waals surface area contributed by atoms with E-state index < -0.39 is 0 Å². The zero-order valence-corrected chi connectivity index (χ0v) is 9.67. The van der Waals surface area contributed by atoms with Crippen LogP contribution in [0.2, 0.25) is 0 Å². The Hall–Kier alpha value is -0.770. The fourth-order valence-electron chi connectivity index (χ4n) is 0.774. The minimum Gasteiger partial charge on any atom is -0.448 e. The number of hydrogen-bond acceptors (Lipinski definition) is 3. The Morgan fingerprint density at radius 1 is 1.50 bits per heavy atom. The number of nitrogens with zero attached hydrogens (tertiary/aromatic N) is 1. The van der Waals surface area contributed by atoms with Crippen molar-refractivity contribution in [1.82, 2.24) is 10.2 Å². The second-order valence-electron chi connectivity index (χ2n) is 3.83. The molecule has 0 aromatic heterocycles. The molecule has 0 aromatic rings. The highest BCUT2D eigenvalue weighted by Crippen LogP contribution is 1.97. The fraction of sp³-hybridized carbons (Fsp3) is 0.900. The first-order chi connectivity index (χ1) is 6.56. The number of ether oxygens (including phenoxy) is 1. The first-order valence-corrected chi connectivity index (χ1v) is 5.11. The van der Waals surface area contributed by atoms with Gasteiger partial charge in [0.05, 0.1) is 0 Å². The van der Waals surface area contributed by atoms with Crippen molar-refractivity contribution in [3.05, 3.63) is 0 Å². The standard InChI is InChI=1S/C10H22N2O2/c1-5-9(2)8-11-10(13)14-7-6-12(3)4/h9H,5-8H2,1-4H3,(H,11,13). The Morgan fingerprint density at radius 2 is 2.14 bits per heavy atom. The van der Waals surface area contributed by atoms with E-state index >= 15 is 0 Å². The lowest BCUT2D eigenvalue weighted by Gasteiger charge is -2.12. The van der Waals surface area contributed by atoms with Crippen LogP contribution in [0.15, 0.2) is 0 Å². The summed E-state index contributed by atoms with van der Waals surface area (Å²) < 4.78 is 4.96. The van der Waals surface area contributed by atoms with Gasteiger partial charge in [-0.15, -0.1) is 0 Å². The first kappa shape index (κ1) is 13.2. The summed E-state index contributed by atoms with van der Waals surface area (Å²) in [6.45, 7) is 6.09. The van der Waals surface area contributed by atoms with E-state index in [-0.39, 0.29) is 6.09 Å². The van der Waals surface area contributed by atoms with Crippen molar-refractivity contribution in [1.29, 1.82) is 0 Å². The summed E-state index contributed by atoms with van der Waals surface area (Å²) >= 11 is 0. The number of rotatable bonds is 6. The predicted molar refractivity (Wildman–Crippen MR) is 57.4 cm³/mol. The van der Waals surface area contributed by atoms with Crippen molar-refractivity contribution in [2.24, 2.45) is 5.92 Å². The predicted octanol–water partition coefficient (Wildman–Crippen LogP) is 1.32. The monoisotopic (exact) mass is 202 g/mol. The van der Waals surface area contributed by atoms with E-state index in [1.165, 1.54) is 0 Å². The lowest BCUT2D eigenvalue weighted by Crippen LogP contribution is -2.30. The number of nitrogens with one attached hydrogen (secondary N) is 1. The van der Waals surface area contributed by atoms with Crippen molar-refractivity contribution in [2.45, 2.75) is 20.3 Å². The number of likely N-dealkylation sites (N-methyl/N-ethyl adjacent to an activating group) is 1. The molecule has 4 heteroatoms. The van der Waals surface area contributed by atoms with Crippen LogP contribution in [-0.2, 0) is 4.74 Å². The quantitative estimate of drug-likeness (QED) is 0.706. The summed E-state index contributed by atoms with van der Waals surface area (Å²) in [7, 11) is 3.89. The minimum atomic E-state index is -0.313. The first-order valence-electron chi connectivity index (χ1n) is 5.11. The van der Waals surface area contributed by atoms with Crippen LogP contribution in [0.1, 0.15) is 20.3 Å². The van der Waals surface area contributed by atoms with Crippen molar-refractivity contribution in [2.75, 3.05) is 33.8 Å². The van der Waals surface area contributed by atoms with Crippen LogP contribution in [0, 0.1) is 5.92 Å². The van der Waals surface area contributed by atoms with Crippen molar-refractivity contribution in [3.63, 3.8) is 0 Å². The second kappa shape index (κ2) is 7.62. The Morgan fingerprint density at radius 3 is 2.64 bits per heavy atom. The molecule has 0 fully saturated rings. The molecule has 84 valence electrons. The van der Waals surface area contributed by atoms with Crippen LogP contribution < -0.4 is 5.32 Å². The number of carbonyl (C=O) groups is 1. The third kappa shape index (κ3) is 7.86. The summed E-state index contributed by atoms with van der Waals surface area (Å²) in [4.78, 5) is 13.1. The van der Waals surface area contributed by atoms with Crippen LogP contribution in [0.4, 0.5) is 4.79 Å². The molecule has 14 heavy (non-hydrogen) atoms. The third-order valence-electron chi connectivity index (χ3n) is 2.06. The summed E-state index contributed by atoms with van der Waals surface area (Å²) in [5, 5.41) is 2.73. The van der Waals surface area contributed by atoms with Gasteiger partial charge in [0.2, 0.25) is 0 Å². The second-order valence-corrected chi connectivity index (χ2v) is 3.83. The van der Waals surface area contributed by atoms with Crippen LogP contribution in [0.5, 0.6) is 0 Å². The van der Waals surface area contributed by atoms with Gasteiger partial charge in [-0.2, -0.15) is 0 Å². The molecule has 0 saturated carbocycles. The average molecular weight is 202 g/mol. The maximum atomic E-state index is 11.1. The number of alkyl carbamates (subject to hydrolysis) is 1. The molecule has 0 aliphatic heterocycles. The molecule has 0 saturated heterocycles. The van der Waals surface area contributed by atoms with E-state index in [9.17, 15) is 4.79 Å². The maximum Gasteiger partial charge on any atom is 0.407 e. The van der Waals surface area contributed by atoms with E-state index in [1.807, 2.05) is 19.0 Å². The normalized spacial score (nSPS) is 12.6. The van der Waals surface area contributed by atoms with Gasteiger partial charge in [0.1, 0.15) is 6.61 Å². The molecule has 1 amide bonds. The number of hydrogen-bond donors (Lipinski definition) is 1. The van der Waals surface area contributed by atoms with Crippen molar-refractivity contribution in [3.8, 4) is 0 Å². The third-order valence-corrected chi connectivity index (χ3v) is 2.06. The van der Waals surface area contributed by atoms with E-state index in [0.29, 0.717) is 19.1 Å². The molecule has 0 radical (unpaired) electrons. The van der Waals surface area contributed by atoms with Gasteiger partial charge in [-0.1, -0.05) is 20.3 Å². The Balaban J connectivity index is 3.37. The topological polar surface area (TPSA) is 41.6 Å². The molecule has 0 spiro atoms. The zero-order chi connectivity index (χ0) is 11.0. The van der Waals surface area contributed by atoms with E-state index in [0.717, 1.165) is 13.0 Å². The van der Waals surface area contributed by atoms with Gasteiger partial charge in [-0.05, 0) is 20.0 Å². The summed E-state index contributed by atoms with van der Waals surface area (Å²) in [6, 6.07) is 0. The van der Waals surface area contributed by atoms with Crippen LogP contribution in [-0.4, -0.2) is 44.8 Å². The SMILES string of the molecule is CCC(C)CNC(=O)OCCN(C)C. The lowest BCUT2D eigenvalue weighted by molar-refractivity contribution is 0.135. The van der Waals surface area contributed by atoms with Crippen LogP contribution in [0.25, 0.3) is 0 Å². The fourth-order valence-corrected chi connectivity index (χ4v) is 0.774. The minimum absolute atomic E-state index is 0.313. The zero-order valence-electron chi connectivity index (χ0n) is 9.67. The van der Waals surface area contributed by atoms with E-state index in [4.69, 9.17) is 4.74 Å². The van der Waals surface area contributed by atoms with Crippen LogP contribution >= 0.6 is 0 Å². The molecular weight excluding hydrogens is 180 g/mol.